The molecule has 0 saturated carbocycles. The van der Waals surface area contributed by atoms with Gasteiger partial charge in [-0.25, -0.2) is 4.57 Å². The van der Waals surface area contributed by atoms with Crippen molar-refractivity contribution in [2.24, 2.45) is 5.41 Å². The second-order valence-electron chi connectivity index (χ2n) is 7.81. The van der Waals surface area contributed by atoms with Crippen LogP contribution in [0.1, 0.15) is 41.0 Å². The minimum absolute atomic E-state index is 0.0152. The topological polar surface area (TPSA) is 76.0 Å². The molecule has 2 aromatic carbocycles. The summed E-state index contributed by atoms with van der Waals surface area (Å²) in [6.45, 7) is 9.35. The number of hydrogen-bond acceptors (Lipinski definition) is 3. The molecular formula is C20H29O5P. The van der Waals surface area contributed by atoms with Crippen LogP contribution >= 0.6 is 7.82 Å². The van der Waals surface area contributed by atoms with Crippen molar-refractivity contribution in [1.29, 1.82) is 0 Å². The van der Waals surface area contributed by atoms with E-state index in [-0.39, 0.29) is 5.41 Å². The van der Waals surface area contributed by atoms with Crippen LogP contribution in [-0.4, -0.2) is 15.4 Å². The molecule has 0 saturated heterocycles. The van der Waals surface area contributed by atoms with Crippen LogP contribution in [0, 0.1) is 5.41 Å². The number of rotatable bonds is 5. The Hall–Kier alpha value is -1.65. The second-order valence-corrected chi connectivity index (χ2v) is 8.97. The Labute approximate surface area is 156 Å². The SMILES string of the molecule is CC(C)(C)CC(C)(C)OP(=O)(O)O.c1ccc(Oc2ccccc2)cc1. The third kappa shape index (κ3) is 11.1. The average molecular weight is 380 g/mol. The van der Waals surface area contributed by atoms with Gasteiger partial charge in [-0.3, -0.25) is 4.52 Å². The Morgan fingerprint density at radius 3 is 1.50 bits per heavy atom. The summed E-state index contributed by atoms with van der Waals surface area (Å²) in [5.41, 5.74) is -0.810. The van der Waals surface area contributed by atoms with Gasteiger partial charge in [-0.1, -0.05) is 57.2 Å². The van der Waals surface area contributed by atoms with Crippen molar-refractivity contribution >= 4 is 7.82 Å². The van der Waals surface area contributed by atoms with E-state index in [0.717, 1.165) is 11.5 Å². The number of benzene rings is 2. The molecule has 0 aliphatic rings. The molecule has 0 spiro atoms. The fourth-order valence-corrected chi connectivity index (χ4v) is 3.45. The Morgan fingerprint density at radius 1 is 0.808 bits per heavy atom. The zero-order valence-electron chi connectivity index (χ0n) is 16.0. The van der Waals surface area contributed by atoms with Gasteiger partial charge < -0.3 is 14.5 Å². The van der Waals surface area contributed by atoms with Crippen molar-refractivity contribution in [3.05, 3.63) is 60.7 Å². The van der Waals surface area contributed by atoms with Crippen LogP contribution in [0.2, 0.25) is 0 Å². The summed E-state index contributed by atoms with van der Waals surface area (Å²) >= 11 is 0. The molecule has 6 heteroatoms. The predicted molar refractivity (Wildman–Crippen MR) is 104 cm³/mol. The first kappa shape index (κ1) is 22.4. The molecule has 0 aromatic heterocycles. The van der Waals surface area contributed by atoms with Crippen molar-refractivity contribution in [2.75, 3.05) is 0 Å². The molecule has 0 aliphatic carbocycles. The van der Waals surface area contributed by atoms with Gasteiger partial charge in [0.15, 0.2) is 0 Å². The van der Waals surface area contributed by atoms with E-state index in [9.17, 15) is 4.57 Å². The molecule has 0 atom stereocenters. The van der Waals surface area contributed by atoms with E-state index >= 15 is 0 Å². The molecular weight excluding hydrogens is 351 g/mol. The highest BCUT2D eigenvalue weighted by Crippen LogP contribution is 2.44. The molecule has 0 aliphatic heterocycles. The van der Waals surface area contributed by atoms with Crippen LogP contribution < -0.4 is 4.74 Å². The molecule has 5 nitrogen and oxygen atoms in total. The summed E-state index contributed by atoms with van der Waals surface area (Å²) in [6.07, 6.45) is 0.588. The van der Waals surface area contributed by atoms with Crippen LogP contribution in [0.25, 0.3) is 0 Å². The number of phosphoric ester groups is 1. The lowest BCUT2D eigenvalue weighted by atomic mass is 9.84. The van der Waals surface area contributed by atoms with Crippen molar-refractivity contribution in [3.63, 3.8) is 0 Å². The fraction of sp³-hybridized carbons (Fsp3) is 0.400. The first-order valence-electron chi connectivity index (χ1n) is 8.41. The first-order valence-corrected chi connectivity index (χ1v) is 9.94. The number of hydrogen-bond donors (Lipinski definition) is 2. The van der Waals surface area contributed by atoms with Crippen molar-refractivity contribution in [2.45, 2.75) is 46.6 Å². The van der Waals surface area contributed by atoms with E-state index in [1.54, 1.807) is 13.8 Å². The van der Waals surface area contributed by atoms with E-state index in [2.05, 4.69) is 4.52 Å². The van der Waals surface area contributed by atoms with Gasteiger partial charge in [-0.2, -0.15) is 0 Å². The van der Waals surface area contributed by atoms with E-state index in [1.807, 2.05) is 81.4 Å². The summed E-state index contributed by atoms with van der Waals surface area (Å²) in [5.74, 6) is 1.74. The zero-order valence-corrected chi connectivity index (χ0v) is 16.9. The third-order valence-corrected chi connectivity index (χ3v) is 3.78. The highest BCUT2D eigenvalue weighted by Gasteiger charge is 2.32. The maximum atomic E-state index is 10.6. The third-order valence-electron chi connectivity index (χ3n) is 3.04. The van der Waals surface area contributed by atoms with Gasteiger partial charge in [0.05, 0.1) is 5.60 Å². The van der Waals surface area contributed by atoms with Crippen molar-refractivity contribution < 1.29 is 23.6 Å². The smallest absolute Gasteiger partial charge is 0.457 e. The lowest BCUT2D eigenvalue weighted by Crippen LogP contribution is -2.29. The average Bonchev–Trinajstić information content (AvgIpc) is 2.45. The highest BCUT2D eigenvalue weighted by atomic mass is 31.2. The molecule has 0 unspecified atom stereocenters. The Morgan fingerprint density at radius 2 is 1.19 bits per heavy atom. The van der Waals surface area contributed by atoms with E-state index < -0.39 is 13.4 Å². The van der Waals surface area contributed by atoms with E-state index in [1.165, 1.54) is 0 Å². The van der Waals surface area contributed by atoms with Crippen LogP contribution in [-0.2, 0) is 9.09 Å². The Balaban J connectivity index is 0.000000260. The molecule has 144 valence electrons. The molecule has 2 rings (SSSR count). The second kappa shape index (κ2) is 9.33. The summed E-state index contributed by atoms with van der Waals surface area (Å²) in [7, 11) is -4.37. The van der Waals surface area contributed by atoms with Crippen molar-refractivity contribution in [3.8, 4) is 11.5 Å². The number of phosphoric acid groups is 1. The lowest BCUT2D eigenvalue weighted by Gasteiger charge is -2.32. The quantitative estimate of drug-likeness (QED) is 0.642. The summed E-state index contributed by atoms with van der Waals surface area (Å²) in [5, 5.41) is 0. The predicted octanol–water partition coefficient (Wildman–Crippen LogP) is 5.79. The fourth-order valence-electron chi connectivity index (χ4n) is 2.74. The highest BCUT2D eigenvalue weighted by molar-refractivity contribution is 7.46. The molecule has 0 fully saturated rings. The molecule has 0 amide bonds. The Kier molecular flexibility index (Phi) is 8.04. The van der Waals surface area contributed by atoms with Crippen LogP contribution in [0.3, 0.4) is 0 Å². The van der Waals surface area contributed by atoms with E-state index in [4.69, 9.17) is 14.5 Å². The zero-order chi connectivity index (χ0) is 19.8. The van der Waals surface area contributed by atoms with Crippen LogP contribution in [0.4, 0.5) is 0 Å². The lowest BCUT2D eigenvalue weighted by molar-refractivity contribution is 0.0313. The molecule has 0 heterocycles. The standard InChI is InChI=1S/C12H10O.C8H19O4P/c1-3-7-11(8-4-1)13-12-9-5-2-6-10-12;1-7(2,3)6-8(4,5)12-13(9,10)11/h1-10H;6H2,1-5H3,(H2,9,10,11). The van der Waals surface area contributed by atoms with Gasteiger partial charge in [0.1, 0.15) is 11.5 Å². The number of para-hydroxylation sites is 2. The van der Waals surface area contributed by atoms with E-state index in [0.29, 0.717) is 6.42 Å². The first-order chi connectivity index (χ1) is 11.9. The molecule has 0 bridgehead atoms. The maximum Gasteiger partial charge on any atom is 0.470 e. The Bertz CT molecular complexity index is 650. The molecule has 2 N–H and O–H groups in total. The number of ether oxygens (including phenoxy) is 1. The molecule has 2 aromatic rings. The monoisotopic (exact) mass is 380 g/mol. The summed E-state index contributed by atoms with van der Waals surface area (Å²) < 4.78 is 20.9. The maximum absolute atomic E-state index is 10.6. The van der Waals surface area contributed by atoms with Gasteiger partial charge >= 0.3 is 7.82 Å². The minimum atomic E-state index is -4.37. The van der Waals surface area contributed by atoms with Crippen molar-refractivity contribution in [1.82, 2.24) is 0 Å². The van der Waals surface area contributed by atoms with Gasteiger partial charge in [-0.05, 0) is 49.9 Å². The van der Waals surface area contributed by atoms with Crippen LogP contribution in [0.15, 0.2) is 60.7 Å². The minimum Gasteiger partial charge on any atom is -0.457 e. The van der Waals surface area contributed by atoms with Crippen LogP contribution in [0.5, 0.6) is 11.5 Å². The largest absolute Gasteiger partial charge is 0.470 e. The normalized spacial score (nSPS) is 12.1. The van der Waals surface area contributed by atoms with Gasteiger partial charge in [0, 0.05) is 0 Å². The van der Waals surface area contributed by atoms with Gasteiger partial charge in [0.25, 0.3) is 0 Å². The molecule has 0 radical (unpaired) electrons. The summed E-state index contributed by atoms with van der Waals surface area (Å²) in [6, 6.07) is 19.5. The summed E-state index contributed by atoms with van der Waals surface area (Å²) in [4.78, 5) is 17.3. The van der Waals surface area contributed by atoms with Gasteiger partial charge in [0.2, 0.25) is 0 Å². The van der Waals surface area contributed by atoms with Gasteiger partial charge in [-0.15, -0.1) is 0 Å². The molecule has 26 heavy (non-hydrogen) atoms.